The van der Waals surface area contributed by atoms with Gasteiger partial charge < -0.3 is 9.64 Å². The van der Waals surface area contributed by atoms with Gasteiger partial charge in [0.15, 0.2) is 5.82 Å². The van der Waals surface area contributed by atoms with Gasteiger partial charge >= 0.3 is 0 Å². The van der Waals surface area contributed by atoms with Gasteiger partial charge in [-0.15, -0.1) is 0 Å². The van der Waals surface area contributed by atoms with Crippen LogP contribution in [0.4, 0.5) is 5.82 Å². The van der Waals surface area contributed by atoms with Crippen LogP contribution in [0.2, 0.25) is 10.3 Å². The lowest BCUT2D eigenvalue weighted by Crippen LogP contribution is -2.35. The smallest absolute Gasteiger partial charge is 0.224 e. The van der Waals surface area contributed by atoms with E-state index in [0.29, 0.717) is 10.9 Å². The van der Waals surface area contributed by atoms with Crippen LogP contribution in [-0.2, 0) is 4.74 Å². The van der Waals surface area contributed by atoms with Crippen molar-refractivity contribution >= 4 is 29.0 Å². The Bertz CT molecular complexity index is 381. The molecule has 1 aromatic heterocycles. The standard InChI is InChI=1S/C11H15Cl2N3O/c1-17-7-8-2-4-16(5-3-8)10-9(12)6-14-11(13)15-10/h6,8H,2-5,7H2,1H3. The highest BCUT2D eigenvalue weighted by Crippen LogP contribution is 2.28. The molecule has 1 aliphatic rings. The minimum atomic E-state index is 0.239. The van der Waals surface area contributed by atoms with Crippen molar-refractivity contribution in [2.45, 2.75) is 12.8 Å². The number of hydrogen-bond donors (Lipinski definition) is 0. The molecule has 1 aliphatic heterocycles. The number of anilines is 1. The highest BCUT2D eigenvalue weighted by Gasteiger charge is 2.21. The number of aromatic nitrogens is 2. The Kier molecular flexibility index (Phi) is 4.42. The van der Waals surface area contributed by atoms with Crippen molar-refractivity contribution in [1.82, 2.24) is 9.97 Å². The van der Waals surface area contributed by atoms with Gasteiger partial charge in [0.25, 0.3) is 0 Å². The molecule has 6 heteroatoms. The second kappa shape index (κ2) is 5.85. The zero-order chi connectivity index (χ0) is 12.3. The predicted molar refractivity (Wildman–Crippen MR) is 68.9 cm³/mol. The summed E-state index contributed by atoms with van der Waals surface area (Å²) in [4.78, 5) is 10.2. The van der Waals surface area contributed by atoms with Crippen LogP contribution in [0, 0.1) is 5.92 Å². The van der Waals surface area contributed by atoms with Crippen LogP contribution in [0.25, 0.3) is 0 Å². The molecule has 2 heterocycles. The summed E-state index contributed by atoms with van der Waals surface area (Å²) in [5.74, 6) is 1.37. The molecule has 0 atom stereocenters. The third-order valence-electron chi connectivity index (χ3n) is 3.01. The summed E-state index contributed by atoms with van der Waals surface area (Å²) in [6, 6.07) is 0. The van der Waals surface area contributed by atoms with Gasteiger partial charge in [-0.2, -0.15) is 4.98 Å². The molecule has 0 spiro atoms. The first kappa shape index (κ1) is 12.9. The highest BCUT2D eigenvalue weighted by molar-refractivity contribution is 6.33. The maximum Gasteiger partial charge on any atom is 0.224 e. The van der Waals surface area contributed by atoms with E-state index in [4.69, 9.17) is 27.9 Å². The Morgan fingerprint density at radius 1 is 1.41 bits per heavy atom. The zero-order valence-corrected chi connectivity index (χ0v) is 11.2. The fourth-order valence-corrected chi connectivity index (χ4v) is 2.45. The van der Waals surface area contributed by atoms with Gasteiger partial charge in [-0.3, -0.25) is 0 Å². The van der Waals surface area contributed by atoms with Crippen LogP contribution >= 0.6 is 23.2 Å². The molecule has 0 N–H and O–H groups in total. The maximum absolute atomic E-state index is 6.08. The van der Waals surface area contributed by atoms with E-state index < -0.39 is 0 Å². The molecule has 4 nitrogen and oxygen atoms in total. The molecule has 0 radical (unpaired) electrons. The average molecular weight is 276 g/mol. The molecule has 94 valence electrons. The molecule has 17 heavy (non-hydrogen) atoms. The minimum Gasteiger partial charge on any atom is -0.384 e. The van der Waals surface area contributed by atoms with E-state index in [1.807, 2.05) is 0 Å². The molecule has 1 fully saturated rings. The predicted octanol–water partition coefficient (Wildman–Crippen LogP) is 2.65. The lowest BCUT2D eigenvalue weighted by Gasteiger charge is -2.32. The molecule has 1 saturated heterocycles. The van der Waals surface area contributed by atoms with Crippen LogP contribution < -0.4 is 4.90 Å². The average Bonchev–Trinajstić information content (AvgIpc) is 2.34. The number of methoxy groups -OCH3 is 1. The van der Waals surface area contributed by atoms with Crippen molar-refractivity contribution in [3.05, 3.63) is 16.5 Å². The fourth-order valence-electron chi connectivity index (χ4n) is 2.11. The molecule has 1 aromatic rings. The Hall–Kier alpha value is -0.580. The van der Waals surface area contributed by atoms with Gasteiger partial charge in [0, 0.05) is 26.8 Å². The summed E-state index contributed by atoms with van der Waals surface area (Å²) in [5, 5.41) is 0.794. The summed E-state index contributed by atoms with van der Waals surface area (Å²) in [6.45, 7) is 2.69. The molecular formula is C11H15Cl2N3O. The Morgan fingerprint density at radius 2 is 2.12 bits per heavy atom. The molecule has 0 saturated carbocycles. The van der Waals surface area contributed by atoms with Crippen LogP contribution in [0.3, 0.4) is 0 Å². The van der Waals surface area contributed by atoms with E-state index in [1.165, 1.54) is 0 Å². The number of ether oxygens (including phenoxy) is 1. The van der Waals surface area contributed by atoms with Crippen molar-refractivity contribution < 1.29 is 4.74 Å². The first-order chi connectivity index (χ1) is 8.20. The monoisotopic (exact) mass is 275 g/mol. The van der Waals surface area contributed by atoms with E-state index in [0.717, 1.165) is 38.4 Å². The highest BCUT2D eigenvalue weighted by atomic mass is 35.5. The van der Waals surface area contributed by atoms with Crippen LogP contribution in [-0.4, -0.2) is 36.8 Å². The maximum atomic E-state index is 6.08. The van der Waals surface area contributed by atoms with Gasteiger partial charge in [0.05, 0.1) is 6.20 Å². The third-order valence-corrected chi connectivity index (χ3v) is 3.46. The normalized spacial score (nSPS) is 17.5. The van der Waals surface area contributed by atoms with E-state index >= 15 is 0 Å². The van der Waals surface area contributed by atoms with E-state index in [-0.39, 0.29) is 5.28 Å². The van der Waals surface area contributed by atoms with Gasteiger partial charge in [-0.25, -0.2) is 4.98 Å². The van der Waals surface area contributed by atoms with Gasteiger partial charge in [0.1, 0.15) is 5.02 Å². The van der Waals surface area contributed by atoms with Crippen molar-refractivity contribution in [2.75, 3.05) is 31.7 Å². The number of hydrogen-bond acceptors (Lipinski definition) is 4. The van der Waals surface area contributed by atoms with Crippen molar-refractivity contribution in [3.8, 4) is 0 Å². The molecule has 0 bridgehead atoms. The van der Waals surface area contributed by atoms with Crippen LogP contribution in [0.15, 0.2) is 6.20 Å². The number of nitrogens with zero attached hydrogens (tertiary/aromatic N) is 3. The molecular weight excluding hydrogens is 261 g/mol. The summed E-state index contributed by atoms with van der Waals surface area (Å²) in [7, 11) is 1.74. The Balaban J connectivity index is 2.02. The molecule has 2 rings (SSSR count). The summed E-state index contributed by atoms with van der Waals surface area (Å²) in [6.07, 6.45) is 3.73. The fraction of sp³-hybridized carbons (Fsp3) is 0.636. The van der Waals surface area contributed by atoms with Gasteiger partial charge in [-0.1, -0.05) is 11.6 Å². The molecule has 0 aromatic carbocycles. The van der Waals surface area contributed by atoms with Gasteiger partial charge in [0.2, 0.25) is 5.28 Å². The lowest BCUT2D eigenvalue weighted by atomic mass is 9.98. The first-order valence-electron chi connectivity index (χ1n) is 5.62. The zero-order valence-electron chi connectivity index (χ0n) is 9.70. The number of piperidine rings is 1. The first-order valence-corrected chi connectivity index (χ1v) is 6.38. The third kappa shape index (κ3) is 3.21. The second-order valence-corrected chi connectivity index (χ2v) is 4.94. The second-order valence-electron chi connectivity index (χ2n) is 4.20. The van der Waals surface area contributed by atoms with Gasteiger partial charge in [-0.05, 0) is 30.4 Å². The lowest BCUT2D eigenvalue weighted by molar-refractivity contribution is 0.139. The topological polar surface area (TPSA) is 38.2 Å². The van der Waals surface area contributed by atoms with Crippen molar-refractivity contribution in [1.29, 1.82) is 0 Å². The molecule has 0 unspecified atom stereocenters. The summed E-state index contributed by atoms with van der Waals surface area (Å²) < 4.78 is 5.17. The Labute approximate surface area is 111 Å². The van der Waals surface area contributed by atoms with E-state index in [2.05, 4.69) is 14.9 Å². The van der Waals surface area contributed by atoms with Crippen LogP contribution in [0.1, 0.15) is 12.8 Å². The van der Waals surface area contributed by atoms with Crippen molar-refractivity contribution in [3.63, 3.8) is 0 Å². The largest absolute Gasteiger partial charge is 0.384 e. The summed E-state index contributed by atoms with van der Waals surface area (Å²) in [5.41, 5.74) is 0. The number of halogens is 2. The van der Waals surface area contributed by atoms with E-state index in [9.17, 15) is 0 Å². The SMILES string of the molecule is COCC1CCN(c2nc(Cl)ncc2Cl)CC1. The quantitative estimate of drug-likeness (QED) is 0.795. The van der Waals surface area contributed by atoms with Crippen LogP contribution in [0.5, 0.6) is 0 Å². The molecule has 0 aliphatic carbocycles. The molecule has 0 amide bonds. The van der Waals surface area contributed by atoms with E-state index in [1.54, 1.807) is 13.3 Å². The number of rotatable bonds is 3. The Morgan fingerprint density at radius 3 is 2.76 bits per heavy atom. The van der Waals surface area contributed by atoms with Crippen molar-refractivity contribution in [2.24, 2.45) is 5.92 Å². The summed E-state index contributed by atoms with van der Waals surface area (Å²) >= 11 is 11.9. The minimum absolute atomic E-state index is 0.239.